The lowest BCUT2D eigenvalue weighted by Gasteiger charge is -2.05. The topological polar surface area (TPSA) is 70.0 Å². The van der Waals surface area contributed by atoms with E-state index in [4.69, 9.17) is 16.9 Å². The van der Waals surface area contributed by atoms with Gasteiger partial charge in [-0.05, 0) is 17.7 Å². The fraction of sp³-hybridized carbons (Fsp3) is 0.182. The molecule has 0 aliphatic carbocycles. The summed E-state index contributed by atoms with van der Waals surface area (Å²) in [7, 11) is -3.46. The first-order valence-electron chi connectivity index (χ1n) is 4.72. The molecule has 1 N–H and O–H groups in total. The van der Waals surface area contributed by atoms with Crippen molar-refractivity contribution in [2.45, 2.75) is 5.75 Å². The van der Waals surface area contributed by atoms with Crippen molar-refractivity contribution in [2.75, 3.05) is 6.54 Å². The number of sulfonamides is 1. The number of benzene rings is 1. The van der Waals surface area contributed by atoms with Crippen molar-refractivity contribution in [1.29, 1.82) is 5.26 Å². The molecule has 0 bridgehead atoms. The normalized spacial score (nSPS) is 10.8. The van der Waals surface area contributed by atoms with Crippen molar-refractivity contribution in [3.8, 4) is 6.07 Å². The molecule has 1 rings (SSSR count). The summed E-state index contributed by atoms with van der Waals surface area (Å²) in [6.45, 7) is 3.39. The SMILES string of the molecule is C=C(Cl)CNS(=O)(=O)Cc1cccc(C#N)c1. The van der Waals surface area contributed by atoms with Gasteiger partial charge in [0.2, 0.25) is 10.0 Å². The molecule has 0 saturated heterocycles. The number of halogens is 1. The zero-order chi connectivity index (χ0) is 12.9. The van der Waals surface area contributed by atoms with Crippen molar-refractivity contribution in [1.82, 2.24) is 4.72 Å². The Kier molecular flexibility index (Phi) is 4.70. The van der Waals surface area contributed by atoms with Crippen LogP contribution in [0.2, 0.25) is 0 Å². The summed E-state index contributed by atoms with van der Waals surface area (Å²) in [6.07, 6.45) is 0. The minimum Gasteiger partial charge on any atom is -0.212 e. The molecule has 1 aromatic rings. The van der Waals surface area contributed by atoms with Gasteiger partial charge in [0.15, 0.2) is 0 Å². The second-order valence-electron chi connectivity index (χ2n) is 3.41. The quantitative estimate of drug-likeness (QED) is 0.886. The van der Waals surface area contributed by atoms with Crippen molar-refractivity contribution in [2.24, 2.45) is 0 Å². The maximum absolute atomic E-state index is 11.6. The van der Waals surface area contributed by atoms with Gasteiger partial charge in [-0.2, -0.15) is 5.26 Å². The molecule has 0 radical (unpaired) electrons. The lowest BCUT2D eigenvalue weighted by atomic mass is 10.2. The third kappa shape index (κ3) is 5.00. The number of hydrogen-bond acceptors (Lipinski definition) is 3. The molecule has 0 atom stereocenters. The average Bonchev–Trinajstić information content (AvgIpc) is 2.26. The number of nitriles is 1. The van der Waals surface area contributed by atoms with Gasteiger partial charge in [-0.15, -0.1) is 0 Å². The molecule has 0 heterocycles. The van der Waals surface area contributed by atoms with Gasteiger partial charge in [-0.1, -0.05) is 30.3 Å². The molecule has 0 unspecified atom stereocenters. The Morgan fingerprint density at radius 3 is 2.82 bits per heavy atom. The van der Waals surface area contributed by atoms with Gasteiger partial charge in [0.1, 0.15) is 0 Å². The molecule has 1 aromatic carbocycles. The fourth-order valence-electron chi connectivity index (χ4n) is 1.19. The number of nitrogens with one attached hydrogen (secondary N) is 1. The summed E-state index contributed by atoms with van der Waals surface area (Å²) in [5.74, 6) is -0.188. The number of hydrogen-bond donors (Lipinski definition) is 1. The highest BCUT2D eigenvalue weighted by Gasteiger charge is 2.11. The van der Waals surface area contributed by atoms with Crippen LogP contribution >= 0.6 is 11.6 Å². The van der Waals surface area contributed by atoms with Gasteiger partial charge in [0, 0.05) is 11.6 Å². The van der Waals surface area contributed by atoms with Crippen LogP contribution in [0.1, 0.15) is 11.1 Å². The van der Waals surface area contributed by atoms with Crippen LogP contribution in [0, 0.1) is 11.3 Å². The van der Waals surface area contributed by atoms with E-state index < -0.39 is 10.0 Å². The maximum atomic E-state index is 11.6. The summed E-state index contributed by atoms with van der Waals surface area (Å²) >= 11 is 5.47. The van der Waals surface area contributed by atoms with E-state index in [-0.39, 0.29) is 17.3 Å². The van der Waals surface area contributed by atoms with Crippen LogP contribution in [-0.2, 0) is 15.8 Å². The zero-order valence-electron chi connectivity index (χ0n) is 8.98. The second-order valence-corrected chi connectivity index (χ2v) is 5.75. The lowest BCUT2D eigenvalue weighted by molar-refractivity contribution is 0.584. The van der Waals surface area contributed by atoms with E-state index in [1.807, 2.05) is 6.07 Å². The molecule has 0 fully saturated rings. The molecule has 17 heavy (non-hydrogen) atoms. The number of rotatable bonds is 5. The monoisotopic (exact) mass is 270 g/mol. The van der Waals surface area contributed by atoms with Gasteiger partial charge in [0.25, 0.3) is 0 Å². The standard InChI is InChI=1S/C11H11ClN2O2S/c1-9(12)7-14-17(15,16)8-11-4-2-3-10(5-11)6-13/h2-5,14H,1,7-8H2. The largest absolute Gasteiger partial charge is 0.216 e. The molecule has 0 aliphatic rings. The van der Waals surface area contributed by atoms with Gasteiger partial charge < -0.3 is 0 Å². The Morgan fingerprint density at radius 2 is 2.24 bits per heavy atom. The summed E-state index contributed by atoms with van der Waals surface area (Å²) in [5.41, 5.74) is 0.983. The van der Waals surface area contributed by atoms with Gasteiger partial charge >= 0.3 is 0 Å². The molecule has 0 aliphatic heterocycles. The molecule has 4 nitrogen and oxygen atoms in total. The molecule has 0 spiro atoms. The van der Waals surface area contributed by atoms with Crippen molar-refractivity contribution >= 4 is 21.6 Å². The minimum absolute atomic E-state index is 0.00182. The van der Waals surface area contributed by atoms with Crippen LogP contribution in [0.4, 0.5) is 0 Å². The third-order valence-electron chi connectivity index (χ3n) is 1.90. The molecular weight excluding hydrogens is 260 g/mol. The Hall–Kier alpha value is -1.35. The third-order valence-corrected chi connectivity index (χ3v) is 3.33. The van der Waals surface area contributed by atoms with Crippen LogP contribution in [0.5, 0.6) is 0 Å². The minimum atomic E-state index is -3.46. The van der Waals surface area contributed by atoms with E-state index >= 15 is 0 Å². The lowest BCUT2D eigenvalue weighted by Crippen LogP contribution is -2.26. The Balaban J connectivity index is 2.76. The fourth-order valence-corrected chi connectivity index (χ4v) is 2.45. The highest BCUT2D eigenvalue weighted by atomic mass is 35.5. The summed E-state index contributed by atoms with van der Waals surface area (Å²) in [6, 6.07) is 8.40. The molecule has 90 valence electrons. The predicted molar refractivity (Wildman–Crippen MR) is 66.8 cm³/mol. The van der Waals surface area contributed by atoms with Crippen LogP contribution in [0.25, 0.3) is 0 Å². The van der Waals surface area contributed by atoms with Crippen LogP contribution in [-0.4, -0.2) is 15.0 Å². The number of nitrogens with zero attached hydrogens (tertiary/aromatic N) is 1. The molecule has 6 heteroatoms. The average molecular weight is 271 g/mol. The smallest absolute Gasteiger partial charge is 0.212 e. The van der Waals surface area contributed by atoms with Gasteiger partial charge in [0.05, 0.1) is 17.4 Å². The highest BCUT2D eigenvalue weighted by molar-refractivity contribution is 7.88. The van der Waals surface area contributed by atoms with Crippen molar-refractivity contribution in [3.05, 3.63) is 47.0 Å². The Bertz CT molecular complexity index is 561. The Labute approximate surface area is 106 Å². The molecular formula is C11H11ClN2O2S. The first-order valence-corrected chi connectivity index (χ1v) is 6.75. The van der Waals surface area contributed by atoms with Gasteiger partial charge in [-0.3, -0.25) is 0 Å². The van der Waals surface area contributed by atoms with Crippen LogP contribution in [0.15, 0.2) is 35.9 Å². The summed E-state index contributed by atoms with van der Waals surface area (Å²) in [5, 5.41) is 8.91. The highest BCUT2D eigenvalue weighted by Crippen LogP contribution is 2.08. The van der Waals surface area contributed by atoms with Crippen molar-refractivity contribution < 1.29 is 8.42 Å². The zero-order valence-corrected chi connectivity index (χ0v) is 10.6. The van der Waals surface area contributed by atoms with Crippen LogP contribution in [0.3, 0.4) is 0 Å². The van der Waals surface area contributed by atoms with E-state index in [1.54, 1.807) is 18.2 Å². The van der Waals surface area contributed by atoms with E-state index in [1.165, 1.54) is 6.07 Å². The van der Waals surface area contributed by atoms with Crippen LogP contribution < -0.4 is 4.72 Å². The first-order chi connectivity index (χ1) is 7.93. The van der Waals surface area contributed by atoms with E-state index in [9.17, 15) is 8.42 Å². The predicted octanol–water partition coefficient (Wildman–Crippen LogP) is 1.73. The molecule has 0 aromatic heterocycles. The van der Waals surface area contributed by atoms with Gasteiger partial charge in [-0.25, -0.2) is 13.1 Å². The summed E-state index contributed by atoms with van der Waals surface area (Å²) < 4.78 is 25.5. The summed E-state index contributed by atoms with van der Waals surface area (Å²) in [4.78, 5) is 0. The molecule has 0 saturated carbocycles. The van der Waals surface area contributed by atoms with E-state index in [0.29, 0.717) is 11.1 Å². The Morgan fingerprint density at radius 1 is 1.53 bits per heavy atom. The van der Waals surface area contributed by atoms with Crippen molar-refractivity contribution in [3.63, 3.8) is 0 Å². The molecule has 0 amide bonds. The second kappa shape index (κ2) is 5.82. The van der Waals surface area contributed by atoms with E-state index in [0.717, 1.165) is 0 Å². The first kappa shape index (κ1) is 13.7. The maximum Gasteiger partial charge on any atom is 0.216 e. The van der Waals surface area contributed by atoms with E-state index in [2.05, 4.69) is 11.3 Å².